The molecule has 12 heteroatoms. The first-order valence-corrected chi connectivity index (χ1v) is 9.14. The molecule has 156 valence electrons. The van der Waals surface area contributed by atoms with Crippen LogP contribution in [0.2, 0.25) is 5.02 Å². The summed E-state index contributed by atoms with van der Waals surface area (Å²) in [5, 5.41) is 22.5. The Labute approximate surface area is 180 Å². The zero-order valence-electron chi connectivity index (χ0n) is 16.1. The van der Waals surface area contributed by atoms with Crippen molar-refractivity contribution in [3.8, 4) is 28.6 Å². The Morgan fingerprint density at radius 2 is 1.87 bits per heavy atom. The number of hydrogen-bond acceptors (Lipinski definition) is 8. The first kappa shape index (κ1) is 21.3. The van der Waals surface area contributed by atoms with Crippen LogP contribution in [-0.4, -0.2) is 47.3 Å². The van der Waals surface area contributed by atoms with Crippen LogP contribution in [0.4, 0.5) is 5.69 Å². The fourth-order valence-corrected chi connectivity index (χ4v) is 3.00. The highest BCUT2D eigenvalue weighted by molar-refractivity contribution is 7.71. The third-order valence-electron chi connectivity index (χ3n) is 4.08. The van der Waals surface area contributed by atoms with E-state index in [1.165, 1.54) is 50.4 Å². The highest BCUT2D eigenvalue weighted by Crippen LogP contribution is 2.40. The number of hydrogen-bond donors (Lipinski definition) is 1. The number of nitrogens with zero attached hydrogens (tertiary/aromatic N) is 4. The molecule has 1 aromatic heterocycles. The minimum atomic E-state index is -0.515. The first-order valence-electron chi connectivity index (χ1n) is 8.35. The van der Waals surface area contributed by atoms with Crippen LogP contribution in [0.15, 0.2) is 35.4 Å². The van der Waals surface area contributed by atoms with Crippen molar-refractivity contribution >= 4 is 35.7 Å². The van der Waals surface area contributed by atoms with E-state index >= 15 is 0 Å². The van der Waals surface area contributed by atoms with Crippen molar-refractivity contribution in [3.05, 3.63) is 55.8 Å². The van der Waals surface area contributed by atoms with Gasteiger partial charge in [-0.1, -0.05) is 11.6 Å². The number of aromatic amines is 1. The molecule has 3 aromatic rings. The summed E-state index contributed by atoms with van der Waals surface area (Å²) in [5.74, 6) is 1.64. The smallest absolute Gasteiger partial charge is 0.270 e. The lowest BCUT2D eigenvalue weighted by Gasteiger charge is -2.13. The maximum absolute atomic E-state index is 11.0. The first-order chi connectivity index (χ1) is 14.4. The molecule has 0 bridgehead atoms. The van der Waals surface area contributed by atoms with Gasteiger partial charge in [-0.25, -0.2) is 5.10 Å². The predicted molar refractivity (Wildman–Crippen MR) is 114 cm³/mol. The van der Waals surface area contributed by atoms with Crippen molar-refractivity contribution in [2.24, 2.45) is 5.10 Å². The Morgan fingerprint density at radius 3 is 2.43 bits per heavy atom. The number of rotatable bonds is 7. The minimum Gasteiger partial charge on any atom is -0.493 e. The zero-order valence-corrected chi connectivity index (χ0v) is 17.7. The third-order valence-corrected chi connectivity index (χ3v) is 4.68. The van der Waals surface area contributed by atoms with Crippen LogP contribution in [0.3, 0.4) is 0 Å². The zero-order chi connectivity index (χ0) is 21.8. The third kappa shape index (κ3) is 4.11. The number of H-pyrrole nitrogens is 1. The SMILES string of the molecule is COc1cc(-c2n[nH]c(=S)n2N=Cc2cc([N+](=O)[O-])ccc2Cl)cc(OC)c1OC. The van der Waals surface area contributed by atoms with Gasteiger partial charge in [0.2, 0.25) is 10.5 Å². The Balaban J connectivity index is 2.09. The average molecular weight is 450 g/mol. The lowest BCUT2D eigenvalue weighted by atomic mass is 10.1. The predicted octanol–water partition coefficient (Wildman–Crippen LogP) is 4.08. The summed E-state index contributed by atoms with van der Waals surface area (Å²) >= 11 is 11.4. The Bertz CT molecular complexity index is 1160. The molecule has 0 aliphatic heterocycles. The molecule has 0 fully saturated rings. The van der Waals surface area contributed by atoms with Gasteiger partial charge in [0.1, 0.15) is 0 Å². The lowest BCUT2D eigenvalue weighted by molar-refractivity contribution is -0.384. The Hall–Kier alpha value is -3.44. The molecule has 0 amide bonds. The van der Waals surface area contributed by atoms with E-state index in [1.54, 1.807) is 12.1 Å². The molecule has 0 saturated heterocycles. The summed E-state index contributed by atoms with van der Waals surface area (Å²) in [6.45, 7) is 0. The molecule has 0 saturated carbocycles. The summed E-state index contributed by atoms with van der Waals surface area (Å²) in [6, 6.07) is 7.44. The molecule has 0 aliphatic carbocycles. The normalized spacial score (nSPS) is 10.9. The summed E-state index contributed by atoms with van der Waals surface area (Å²) in [5.41, 5.74) is 0.824. The van der Waals surface area contributed by atoms with E-state index in [2.05, 4.69) is 15.3 Å². The van der Waals surface area contributed by atoms with Crippen molar-refractivity contribution in [2.45, 2.75) is 0 Å². The van der Waals surface area contributed by atoms with Crippen LogP contribution in [-0.2, 0) is 0 Å². The average Bonchev–Trinajstić information content (AvgIpc) is 3.12. The molecule has 0 spiro atoms. The van der Waals surface area contributed by atoms with E-state index in [-0.39, 0.29) is 10.5 Å². The number of methoxy groups -OCH3 is 3. The number of non-ortho nitro benzene ring substituents is 1. The topological polar surface area (TPSA) is 117 Å². The van der Waals surface area contributed by atoms with Crippen LogP contribution in [0.25, 0.3) is 11.4 Å². The Kier molecular flexibility index (Phi) is 6.33. The number of aromatic nitrogens is 3. The maximum atomic E-state index is 11.0. The molecule has 0 radical (unpaired) electrons. The molecule has 0 unspecified atom stereocenters. The van der Waals surface area contributed by atoms with Gasteiger partial charge < -0.3 is 14.2 Å². The number of halogens is 1. The van der Waals surface area contributed by atoms with Gasteiger partial charge in [-0.05, 0) is 30.4 Å². The second-order valence-corrected chi connectivity index (χ2v) is 6.58. The summed E-state index contributed by atoms with van der Waals surface area (Å²) in [6.07, 6.45) is 1.36. The standard InChI is InChI=1S/C18H16ClN5O5S/c1-27-14-7-10(8-15(28-2)16(14)29-3)17-21-22-18(30)23(17)20-9-11-6-12(24(25)26)4-5-13(11)19/h4-9H,1-3H3,(H,22,30). The minimum absolute atomic E-state index is 0.110. The van der Waals surface area contributed by atoms with E-state index in [0.29, 0.717) is 39.2 Å². The van der Waals surface area contributed by atoms with Gasteiger partial charge in [-0.3, -0.25) is 10.1 Å². The number of benzene rings is 2. The fourth-order valence-electron chi connectivity index (χ4n) is 2.66. The number of nitro groups is 1. The summed E-state index contributed by atoms with van der Waals surface area (Å²) < 4.78 is 17.6. The van der Waals surface area contributed by atoms with Crippen LogP contribution in [0, 0.1) is 14.9 Å². The van der Waals surface area contributed by atoms with Crippen LogP contribution in [0.1, 0.15) is 5.56 Å². The molecule has 1 N–H and O–H groups in total. The second kappa shape index (κ2) is 8.93. The van der Waals surface area contributed by atoms with Crippen molar-refractivity contribution in [3.63, 3.8) is 0 Å². The largest absolute Gasteiger partial charge is 0.493 e. The van der Waals surface area contributed by atoms with Crippen molar-refractivity contribution in [2.75, 3.05) is 21.3 Å². The molecular formula is C18H16ClN5O5S. The maximum Gasteiger partial charge on any atom is 0.270 e. The van der Waals surface area contributed by atoms with Gasteiger partial charge in [0.15, 0.2) is 17.3 Å². The van der Waals surface area contributed by atoms with E-state index in [9.17, 15) is 10.1 Å². The molecule has 3 rings (SSSR count). The highest BCUT2D eigenvalue weighted by atomic mass is 35.5. The van der Waals surface area contributed by atoms with Gasteiger partial charge in [-0.15, -0.1) is 0 Å². The van der Waals surface area contributed by atoms with Crippen molar-refractivity contribution in [1.29, 1.82) is 0 Å². The van der Waals surface area contributed by atoms with Crippen molar-refractivity contribution < 1.29 is 19.1 Å². The molecule has 30 heavy (non-hydrogen) atoms. The van der Waals surface area contributed by atoms with Gasteiger partial charge in [0.25, 0.3) is 5.69 Å². The number of nitrogens with one attached hydrogen (secondary N) is 1. The Morgan fingerprint density at radius 1 is 1.20 bits per heavy atom. The lowest BCUT2D eigenvalue weighted by Crippen LogP contribution is -1.99. The van der Waals surface area contributed by atoms with Gasteiger partial charge in [0, 0.05) is 28.3 Å². The number of nitro benzene ring substituents is 1. The van der Waals surface area contributed by atoms with E-state index in [4.69, 9.17) is 38.0 Å². The molecule has 1 heterocycles. The van der Waals surface area contributed by atoms with Crippen LogP contribution < -0.4 is 14.2 Å². The fraction of sp³-hybridized carbons (Fsp3) is 0.167. The van der Waals surface area contributed by atoms with E-state index < -0.39 is 4.92 Å². The van der Waals surface area contributed by atoms with Gasteiger partial charge >= 0.3 is 0 Å². The quantitative estimate of drug-likeness (QED) is 0.250. The summed E-state index contributed by atoms with van der Waals surface area (Å²) in [4.78, 5) is 10.5. The van der Waals surface area contributed by atoms with Crippen LogP contribution >= 0.6 is 23.8 Å². The highest BCUT2D eigenvalue weighted by Gasteiger charge is 2.18. The van der Waals surface area contributed by atoms with E-state index in [0.717, 1.165) is 0 Å². The van der Waals surface area contributed by atoms with Gasteiger partial charge in [0.05, 0.1) is 32.5 Å². The molecular weight excluding hydrogens is 434 g/mol. The second-order valence-electron chi connectivity index (χ2n) is 5.79. The van der Waals surface area contributed by atoms with Gasteiger partial charge in [-0.2, -0.15) is 14.9 Å². The molecule has 0 aliphatic rings. The molecule has 10 nitrogen and oxygen atoms in total. The van der Waals surface area contributed by atoms with Crippen molar-refractivity contribution in [1.82, 2.24) is 14.9 Å². The summed E-state index contributed by atoms with van der Waals surface area (Å²) in [7, 11) is 4.50. The molecule has 0 atom stereocenters. The van der Waals surface area contributed by atoms with E-state index in [1.807, 2.05) is 0 Å². The molecule has 2 aromatic carbocycles. The number of ether oxygens (including phenoxy) is 3. The monoisotopic (exact) mass is 449 g/mol. The van der Waals surface area contributed by atoms with Crippen LogP contribution in [0.5, 0.6) is 17.2 Å².